The fraction of sp³-hybridized carbons (Fsp3) is 0.545. The first-order chi connectivity index (χ1) is 11.4. The molecular weight excluding hydrogens is 296 g/mol. The molecule has 2 nitrogen and oxygen atoms in total. The first-order valence-electron chi connectivity index (χ1n) is 9.31. The highest BCUT2D eigenvalue weighted by atomic mass is 16.3. The molecule has 2 unspecified atom stereocenters. The second-order valence-corrected chi connectivity index (χ2v) is 7.38. The zero-order chi connectivity index (χ0) is 17.7. The van der Waals surface area contributed by atoms with Crippen molar-refractivity contribution in [2.24, 2.45) is 5.92 Å². The summed E-state index contributed by atoms with van der Waals surface area (Å²) in [7, 11) is 0. The molecule has 1 aromatic carbocycles. The average molecular weight is 328 g/mol. The van der Waals surface area contributed by atoms with Crippen LogP contribution in [0, 0.1) is 5.92 Å². The molecule has 0 amide bonds. The molecule has 0 fully saturated rings. The Morgan fingerprint density at radius 2 is 1.96 bits per heavy atom. The molecule has 0 aliphatic heterocycles. The van der Waals surface area contributed by atoms with E-state index in [0.29, 0.717) is 5.92 Å². The van der Waals surface area contributed by atoms with E-state index in [2.05, 4.69) is 33.4 Å². The van der Waals surface area contributed by atoms with Gasteiger partial charge >= 0.3 is 0 Å². The van der Waals surface area contributed by atoms with E-state index in [1.54, 1.807) is 0 Å². The van der Waals surface area contributed by atoms with Gasteiger partial charge in [0, 0.05) is 17.5 Å². The van der Waals surface area contributed by atoms with Crippen LogP contribution in [0.5, 0.6) is 11.5 Å². The minimum atomic E-state index is 0.158. The third-order valence-electron chi connectivity index (χ3n) is 5.24. The van der Waals surface area contributed by atoms with Crippen molar-refractivity contribution in [1.29, 1.82) is 0 Å². The molecule has 1 aliphatic rings. The number of phenolic OH excluding ortho intramolecular Hbond substituents is 2. The van der Waals surface area contributed by atoms with Gasteiger partial charge < -0.3 is 10.2 Å². The number of unbranched alkanes of at least 4 members (excludes halogenated alkanes) is 3. The molecule has 0 aromatic heterocycles. The predicted octanol–water partition coefficient (Wildman–Crippen LogP) is 6.24. The van der Waals surface area contributed by atoms with Crippen molar-refractivity contribution in [1.82, 2.24) is 0 Å². The summed E-state index contributed by atoms with van der Waals surface area (Å²) >= 11 is 0. The van der Waals surface area contributed by atoms with Crippen LogP contribution in [0.1, 0.15) is 76.3 Å². The fourth-order valence-corrected chi connectivity index (χ4v) is 3.92. The summed E-state index contributed by atoms with van der Waals surface area (Å²) < 4.78 is 0. The monoisotopic (exact) mass is 328 g/mol. The molecule has 2 heteroatoms. The van der Waals surface area contributed by atoms with Gasteiger partial charge in [0.1, 0.15) is 11.5 Å². The van der Waals surface area contributed by atoms with Gasteiger partial charge in [0.15, 0.2) is 0 Å². The van der Waals surface area contributed by atoms with Crippen LogP contribution in [0.2, 0.25) is 0 Å². The van der Waals surface area contributed by atoms with Gasteiger partial charge in [0.25, 0.3) is 0 Å². The Balaban J connectivity index is 2.39. The van der Waals surface area contributed by atoms with Gasteiger partial charge in [-0.15, -0.1) is 0 Å². The Hall–Kier alpha value is -1.70. The lowest BCUT2D eigenvalue weighted by Crippen LogP contribution is -2.18. The van der Waals surface area contributed by atoms with Crippen LogP contribution in [-0.4, -0.2) is 10.2 Å². The van der Waals surface area contributed by atoms with Crippen LogP contribution < -0.4 is 0 Å². The number of hydrogen-bond donors (Lipinski definition) is 2. The van der Waals surface area contributed by atoms with Crippen molar-refractivity contribution in [2.75, 3.05) is 0 Å². The number of phenols is 2. The number of benzene rings is 1. The van der Waals surface area contributed by atoms with E-state index in [1.807, 2.05) is 6.07 Å². The van der Waals surface area contributed by atoms with E-state index in [-0.39, 0.29) is 17.4 Å². The van der Waals surface area contributed by atoms with Crippen molar-refractivity contribution < 1.29 is 10.2 Å². The number of allylic oxidation sites excluding steroid dienone is 3. The van der Waals surface area contributed by atoms with E-state index in [4.69, 9.17) is 0 Å². The predicted molar refractivity (Wildman–Crippen MR) is 102 cm³/mol. The van der Waals surface area contributed by atoms with Crippen LogP contribution in [0.4, 0.5) is 0 Å². The maximum Gasteiger partial charge on any atom is 0.123 e. The van der Waals surface area contributed by atoms with Gasteiger partial charge in [-0.2, -0.15) is 0 Å². The molecule has 0 saturated carbocycles. The molecule has 1 aromatic rings. The topological polar surface area (TPSA) is 40.5 Å². The highest BCUT2D eigenvalue weighted by molar-refractivity contribution is 5.50. The molecule has 0 bridgehead atoms. The SMILES string of the molecule is C=C(C)C1CCC(C)=CC1c1c(O)cc(O)cc1CCCCCC. The molecule has 2 N–H and O–H groups in total. The summed E-state index contributed by atoms with van der Waals surface area (Å²) in [5.74, 6) is 0.907. The summed E-state index contributed by atoms with van der Waals surface area (Å²) in [5, 5.41) is 20.5. The van der Waals surface area contributed by atoms with E-state index in [0.717, 1.165) is 36.8 Å². The quantitative estimate of drug-likeness (QED) is 0.459. The van der Waals surface area contributed by atoms with Gasteiger partial charge in [0.2, 0.25) is 0 Å². The minimum absolute atomic E-state index is 0.158. The fourth-order valence-electron chi connectivity index (χ4n) is 3.92. The summed E-state index contributed by atoms with van der Waals surface area (Å²) in [4.78, 5) is 0. The van der Waals surface area contributed by atoms with Gasteiger partial charge in [-0.25, -0.2) is 0 Å². The number of aromatic hydroxyl groups is 2. The first-order valence-corrected chi connectivity index (χ1v) is 9.31. The van der Waals surface area contributed by atoms with Crippen molar-refractivity contribution in [3.63, 3.8) is 0 Å². The number of hydrogen-bond acceptors (Lipinski definition) is 2. The average Bonchev–Trinajstić information content (AvgIpc) is 2.50. The second kappa shape index (κ2) is 8.41. The molecule has 0 heterocycles. The largest absolute Gasteiger partial charge is 0.508 e. The standard InChI is InChI=1S/C22H32O2/c1-5-6-7-8-9-17-13-18(23)14-21(24)22(17)20-12-16(4)10-11-19(20)15(2)3/h12-14,19-20,23-24H,2,5-11H2,1,3-4H3. The second-order valence-electron chi connectivity index (χ2n) is 7.38. The molecule has 1 aliphatic carbocycles. The Bertz CT molecular complexity index is 613. The molecule has 2 rings (SSSR count). The third-order valence-corrected chi connectivity index (χ3v) is 5.24. The van der Waals surface area contributed by atoms with Crippen molar-refractivity contribution in [2.45, 2.75) is 71.6 Å². The highest BCUT2D eigenvalue weighted by Gasteiger charge is 2.29. The van der Waals surface area contributed by atoms with E-state index in [1.165, 1.54) is 36.5 Å². The van der Waals surface area contributed by atoms with Gasteiger partial charge in [-0.1, -0.05) is 50.0 Å². The summed E-state index contributed by atoms with van der Waals surface area (Å²) in [6.45, 7) is 10.6. The van der Waals surface area contributed by atoms with Gasteiger partial charge in [-0.3, -0.25) is 0 Å². The smallest absolute Gasteiger partial charge is 0.123 e. The third kappa shape index (κ3) is 4.43. The lowest BCUT2D eigenvalue weighted by atomic mass is 9.72. The van der Waals surface area contributed by atoms with E-state index in [9.17, 15) is 10.2 Å². The number of rotatable bonds is 7. The van der Waals surface area contributed by atoms with Crippen LogP contribution in [0.3, 0.4) is 0 Å². The molecule has 0 spiro atoms. The molecule has 2 atom stereocenters. The normalized spacial score (nSPS) is 20.7. The van der Waals surface area contributed by atoms with E-state index < -0.39 is 0 Å². The van der Waals surface area contributed by atoms with Gasteiger partial charge in [-0.05, 0) is 57.1 Å². The molecule has 132 valence electrons. The molecular formula is C22H32O2. The lowest BCUT2D eigenvalue weighted by molar-refractivity contribution is 0.423. The number of aryl methyl sites for hydroxylation is 1. The molecule has 0 radical (unpaired) electrons. The van der Waals surface area contributed by atoms with Crippen molar-refractivity contribution in [3.05, 3.63) is 47.1 Å². The lowest BCUT2D eigenvalue weighted by Gasteiger charge is -2.32. The summed E-state index contributed by atoms with van der Waals surface area (Å²) in [6, 6.07) is 3.33. The van der Waals surface area contributed by atoms with Gasteiger partial charge in [0.05, 0.1) is 0 Å². The highest BCUT2D eigenvalue weighted by Crippen LogP contribution is 2.45. The van der Waals surface area contributed by atoms with E-state index >= 15 is 0 Å². The maximum absolute atomic E-state index is 10.6. The zero-order valence-electron chi connectivity index (χ0n) is 15.4. The van der Waals surface area contributed by atoms with Crippen molar-refractivity contribution in [3.8, 4) is 11.5 Å². The van der Waals surface area contributed by atoms with Crippen LogP contribution >= 0.6 is 0 Å². The maximum atomic E-state index is 10.6. The first kappa shape index (κ1) is 18.6. The molecule has 0 saturated heterocycles. The molecule has 24 heavy (non-hydrogen) atoms. The van der Waals surface area contributed by atoms with Crippen LogP contribution in [0.15, 0.2) is 35.9 Å². The van der Waals surface area contributed by atoms with Crippen LogP contribution in [0.25, 0.3) is 0 Å². The summed E-state index contributed by atoms with van der Waals surface area (Å²) in [5.41, 5.74) is 4.64. The Morgan fingerprint density at radius 3 is 2.62 bits per heavy atom. The zero-order valence-corrected chi connectivity index (χ0v) is 15.4. The van der Waals surface area contributed by atoms with Crippen LogP contribution in [-0.2, 0) is 6.42 Å². The Labute approximate surface area is 146 Å². The summed E-state index contributed by atoms with van der Waals surface area (Å²) in [6.07, 6.45) is 10.1. The Kier molecular flexibility index (Phi) is 6.53. The Morgan fingerprint density at radius 1 is 1.21 bits per heavy atom. The minimum Gasteiger partial charge on any atom is -0.508 e. The van der Waals surface area contributed by atoms with Crippen molar-refractivity contribution >= 4 is 0 Å².